The molecule has 140 valence electrons. The maximum Gasteiger partial charge on any atom is 0.255 e. The Labute approximate surface area is 158 Å². The lowest BCUT2D eigenvalue weighted by atomic mass is 10.1. The number of pyridine rings is 1. The second-order valence-corrected chi connectivity index (χ2v) is 8.47. The smallest absolute Gasteiger partial charge is 0.255 e. The maximum atomic E-state index is 12.7. The number of carbonyl (C=O) groups excluding carboxylic acids is 1. The largest absolute Gasteiger partial charge is 0.321 e. The van der Waals surface area contributed by atoms with Gasteiger partial charge in [0.1, 0.15) is 0 Å². The van der Waals surface area contributed by atoms with Crippen molar-refractivity contribution in [3.8, 4) is 0 Å². The summed E-state index contributed by atoms with van der Waals surface area (Å²) in [4.78, 5) is 17.1. The minimum absolute atomic E-state index is 0.0888. The zero-order valence-corrected chi connectivity index (χ0v) is 16.2. The van der Waals surface area contributed by atoms with Gasteiger partial charge in [0.2, 0.25) is 10.0 Å². The number of nitrogens with zero attached hydrogens (tertiary/aromatic N) is 2. The van der Waals surface area contributed by atoms with Gasteiger partial charge in [-0.2, -0.15) is 4.31 Å². The number of amides is 1. The van der Waals surface area contributed by atoms with Gasteiger partial charge in [-0.3, -0.25) is 9.78 Å². The summed E-state index contributed by atoms with van der Waals surface area (Å²) in [6.45, 7) is 3.59. The number of carbonyl (C=O) groups is 1. The first kappa shape index (κ1) is 19.0. The van der Waals surface area contributed by atoms with Crippen LogP contribution >= 0.6 is 0 Å². The zero-order chi connectivity index (χ0) is 19.6. The van der Waals surface area contributed by atoms with Crippen LogP contribution in [-0.4, -0.2) is 36.7 Å². The third-order valence-corrected chi connectivity index (χ3v) is 6.42. The Morgan fingerprint density at radius 3 is 2.56 bits per heavy atom. The Hall–Kier alpha value is -2.77. The molecular weight excluding hydrogens is 362 g/mol. The number of rotatable bonds is 5. The van der Waals surface area contributed by atoms with E-state index in [4.69, 9.17) is 0 Å². The van der Waals surface area contributed by atoms with E-state index in [1.54, 1.807) is 44.3 Å². The van der Waals surface area contributed by atoms with Crippen molar-refractivity contribution >= 4 is 32.5 Å². The van der Waals surface area contributed by atoms with E-state index >= 15 is 0 Å². The van der Waals surface area contributed by atoms with Crippen molar-refractivity contribution in [2.75, 3.05) is 12.4 Å². The first-order valence-corrected chi connectivity index (χ1v) is 9.98. The van der Waals surface area contributed by atoms with E-state index in [2.05, 4.69) is 10.3 Å². The topological polar surface area (TPSA) is 79.4 Å². The van der Waals surface area contributed by atoms with Gasteiger partial charge < -0.3 is 5.32 Å². The van der Waals surface area contributed by atoms with Gasteiger partial charge in [0.05, 0.1) is 16.1 Å². The van der Waals surface area contributed by atoms with Gasteiger partial charge in [-0.25, -0.2) is 8.42 Å². The van der Waals surface area contributed by atoms with Crippen LogP contribution in [0, 0.1) is 0 Å². The Morgan fingerprint density at radius 1 is 1.07 bits per heavy atom. The Kier molecular flexibility index (Phi) is 5.25. The van der Waals surface area contributed by atoms with Crippen LogP contribution in [0.2, 0.25) is 0 Å². The van der Waals surface area contributed by atoms with E-state index in [1.807, 2.05) is 18.2 Å². The van der Waals surface area contributed by atoms with Gasteiger partial charge in [-0.15, -0.1) is 0 Å². The highest BCUT2D eigenvalue weighted by Crippen LogP contribution is 2.23. The second kappa shape index (κ2) is 7.46. The number of aromatic nitrogens is 1. The number of fused-ring (bicyclic) bond motifs is 1. The molecule has 6 nitrogen and oxygen atoms in total. The fourth-order valence-electron chi connectivity index (χ4n) is 2.65. The average molecular weight is 383 g/mol. The van der Waals surface area contributed by atoms with Crippen molar-refractivity contribution < 1.29 is 13.2 Å². The molecule has 0 atom stereocenters. The summed E-state index contributed by atoms with van der Waals surface area (Å²) in [6, 6.07) is 15.0. The standard InChI is InChI=1S/C20H21N3O3S/c1-14(2)23(3)27(25,26)16-8-4-7-15(13-16)20(24)22-19-11-5-10-18-17(19)9-6-12-21-18/h4-14H,1-3H3,(H,22,24). The SMILES string of the molecule is CC(C)N(C)S(=O)(=O)c1cccc(C(=O)Nc2cccc3ncccc23)c1. The number of anilines is 1. The van der Waals surface area contributed by atoms with Gasteiger partial charge in [-0.1, -0.05) is 12.1 Å². The Morgan fingerprint density at radius 2 is 1.81 bits per heavy atom. The van der Waals surface area contributed by atoms with Crippen LogP contribution in [0.3, 0.4) is 0 Å². The Bertz CT molecular complexity index is 1090. The molecule has 0 aliphatic carbocycles. The van der Waals surface area contributed by atoms with Crippen molar-refractivity contribution in [2.24, 2.45) is 0 Å². The monoisotopic (exact) mass is 383 g/mol. The summed E-state index contributed by atoms with van der Waals surface area (Å²) in [5.41, 5.74) is 1.66. The molecule has 1 aromatic heterocycles. The fraction of sp³-hybridized carbons (Fsp3) is 0.200. The van der Waals surface area contributed by atoms with Crippen molar-refractivity contribution in [1.29, 1.82) is 0 Å². The van der Waals surface area contributed by atoms with E-state index < -0.39 is 10.0 Å². The number of hydrogen-bond acceptors (Lipinski definition) is 4. The van der Waals surface area contributed by atoms with E-state index in [9.17, 15) is 13.2 Å². The van der Waals surface area contributed by atoms with Crippen LogP contribution in [0.5, 0.6) is 0 Å². The first-order valence-electron chi connectivity index (χ1n) is 8.54. The minimum Gasteiger partial charge on any atom is -0.321 e. The Balaban J connectivity index is 1.92. The highest BCUT2D eigenvalue weighted by Gasteiger charge is 2.24. The third-order valence-electron chi connectivity index (χ3n) is 4.39. The molecule has 0 aliphatic heterocycles. The molecule has 0 aliphatic rings. The molecular formula is C20H21N3O3S. The molecule has 0 saturated heterocycles. The molecule has 1 amide bonds. The molecule has 3 aromatic rings. The molecule has 27 heavy (non-hydrogen) atoms. The molecule has 3 rings (SSSR count). The molecule has 1 N–H and O–H groups in total. The lowest BCUT2D eigenvalue weighted by molar-refractivity contribution is 0.102. The highest BCUT2D eigenvalue weighted by atomic mass is 32.2. The van der Waals surface area contributed by atoms with Crippen molar-refractivity contribution in [3.05, 3.63) is 66.4 Å². The molecule has 0 saturated carbocycles. The summed E-state index contributed by atoms with van der Waals surface area (Å²) in [5, 5.41) is 3.66. The van der Waals surface area contributed by atoms with Crippen LogP contribution < -0.4 is 5.32 Å². The number of sulfonamides is 1. The van der Waals surface area contributed by atoms with Crippen LogP contribution in [0.25, 0.3) is 10.9 Å². The van der Waals surface area contributed by atoms with E-state index in [0.29, 0.717) is 5.69 Å². The lowest BCUT2D eigenvalue weighted by Crippen LogP contribution is -2.33. The summed E-state index contributed by atoms with van der Waals surface area (Å²) >= 11 is 0. The minimum atomic E-state index is -3.66. The zero-order valence-electron chi connectivity index (χ0n) is 15.4. The number of benzene rings is 2. The molecule has 0 fully saturated rings. The van der Waals surface area contributed by atoms with Crippen LogP contribution in [0.1, 0.15) is 24.2 Å². The summed E-state index contributed by atoms with van der Waals surface area (Å²) in [7, 11) is -2.13. The second-order valence-electron chi connectivity index (χ2n) is 6.47. The molecule has 0 unspecified atom stereocenters. The van der Waals surface area contributed by atoms with Gasteiger partial charge in [0, 0.05) is 30.2 Å². The number of nitrogens with one attached hydrogen (secondary N) is 1. The fourth-order valence-corrected chi connectivity index (χ4v) is 4.06. The van der Waals surface area contributed by atoms with Crippen molar-refractivity contribution in [2.45, 2.75) is 24.8 Å². The van der Waals surface area contributed by atoms with E-state index in [0.717, 1.165) is 10.9 Å². The van der Waals surface area contributed by atoms with Crippen LogP contribution in [-0.2, 0) is 10.0 Å². The summed E-state index contributed by atoms with van der Waals surface area (Å²) in [6.07, 6.45) is 1.69. The maximum absolute atomic E-state index is 12.7. The summed E-state index contributed by atoms with van der Waals surface area (Å²) < 4.78 is 26.6. The molecule has 2 aromatic carbocycles. The van der Waals surface area contributed by atoms with Crippen molar-refractivity contribution in [1.82, 2.24) is 9.29 Å². The molecule has 1 heterocycles. The van der Waals surface area contributed by atoms with Gasteiger partial charge in [0.15, 0.2) is 0 Å². The first-order chi connectivity index (χ1) is 12.8. The van der Waals surface area contributed by atoms with Crippen LogP contribution in [0.15, 0.2) is 65.7 Å². The predicted octanol–water partition coefficient (Wildman–Crippen LogP) is 3.52. The molecule has 0 bridgehead atoms. The summed E-state index contributed by atoms with van der Waals surface area (Å²) in [5.74, 6) is -0.379. The van der Waals surface area contributed by atoms with Crippen LogP contribution in [0.4, 0.5) is 5.69 Å². The van der Waals surface area contributed by atoms with Gasteiger partial charge in [-0.05, 0) is 56.3 Å². The highest BCUT2D eigenvalue weighted by molar-refractivity contribution is 7.89. The van der Waals surface area contributed by atoms with E-state index in [1.165, 1.54) is 23.5 Å². The number of hydrogen-bond donors (Lipinski definition) is 1. The third kappa shape index (κ3) is 3.84. The molecule has 7 heteroatoms. The van der Waals surface area contributed by atoms with E-state index in [-0.39, 0.29) is 22.4 Å². The lowest BCUT2D eigenvalue weighted by Gasteiger charge is -2.21. The van der Waals surface area contributed by atoms with Crippen molar-refractivity contribution in [3.63, 3.8) is 0 Å². The van der Waals surface area contributed by atoms with Gasteiger partial charge in [0.25, 0.3) is 5.91 Å². The van der Waals surface area contributed by atoms with Gasteiger partial charge >= 0.3 is 0 Å². The quantitative estimate of drug-likeness (QED) is 0.731. The molecule has 0 radical (unpaired) electrons. The average Bonchev–Trinajstić information content (AvgIpc) is 2.67. The molecule has 0 spiro atoms. The normalized spacial score (nSPS) is 11.9. The predicted molar refractivity (Wildman–Crippen MR) is 106 cm³/mol.